The maximum absolute atomic E-state index is 5.17. The van der Waals surface area contributed by atoms with Crippen LogP contribution in [-0.4, -0.2) is 10.8 Å². The fraction of sp³-hybridized carbons (Fsp3) is 0.0833. The third-order valence-electron chi connectivity index (χ3n) is 2.36. The second-order valence-corrected chi connectivity index (χ2v) is 3.32. The first-order valence-corrected chi connectivity index (χ1v) is 4.79. The highest BCUT2D eigenvalue weighted by molar-refractivity contribution is 5.99. The van der Waals surface area contributed by atoms with Crippen LogP contribution in [0.15, 0.2) is 48.2 Å². The first-order chi connectivity index (χ1) is 7.36. The van der Waals surface area contributed by atoms with Gasteiger partial charge in [-0.2, -0.15) is 5.10 Å². The Bertz CT molecular complexity index is 509. The standard InChI is InChI=1S/C12H13N3/c1-2-7-15-9-10(8-14-13)11-5-3-4-6-12(11)15/h2-6,8-9H,1,7,13H2. The summed E-state index contributed by atoms with van der Waals surface area (Å²) in [7, 11) is 0. The SMILES string of the molecule is C=CCn1cc(C=NN)c2ccccc21. The number of nitrogens with zero attached hydrogens (tertiary/aromatic N) is 2. The number of nitrogens with two attached hydrogens (primary N) is 1. The molecule has 0 saturated carbocycles. The molecule has 0 aliphatic rings. The summed E-state index contributed by atoms with van der Waals surface area (Å²) in [4.78, 5) is 0. The fourth-order valence-electron chi connectivity index (χ4n) is 1.75. The van der Waals surface area contributed by atoms with E-state index in [0.717, 1.165) is 17.5 Å². The molecule has 0 amide bonds. The molecular weight excluding hydrogens is 186 g/mol. The van der Waals surface area contributed by atoms with Gasteiger partial charge in [-0.15, -0.1) is 6.58 Å². The zero-order valence-electron chi connectivity index (χ0n) is 8.43. The number of hydrogen-bond acceptors (Lipinski definition) is 2. The Morgan fingerprint density at radius 2 is 2.20 bits per heavy atom. The zero-order chi connectivity index (χ0) is 10.7. The summed E-state index contributed by atoms with van der Waals surface area (Å²) < 4.78 is 2.12. The molecule has 0 aliphatic heterocycles. The summed E-state index contributed by atoms with van der Waals surface area (Å²) in [5, 5.41) is 4.73. The number of para-hydroxylation sites is 1. The maximum atomic E-state index is 5.17. The molecule has 0 bridgehead atoms. The third-order valence-corrected chi connectivity index (χ3v) is 2.36. The van der Waals surface area contributed by atoms with Crippen molar-refractivity contribution in [1.82, 2.24) is 4.57 Å². The molecule has 0 fully saturated rings. The lowest BCUT2D eigenvalue weighted by Crippen LogP contribution is -1.91. The topological polar surface area (TPSA) is 43.3 Å². The smallest absolute Gasteiger partial charge is 0.0559 e. The van der Waals surface area contributed by atoms with Crippen molar-refractivity contribution in [1.29, 1.82) is 0 Å². The first kappa shape index (κ1) is 9.52. The third kappa shape index (κ3) is 1.64. The number of benzene rings is 1. The lowest BCUT2D eigenvalue weighted by Gasteiger charge is -1.98. The predicted molar refractivity (Wildman–Crippen MR) is 63.9 cm³/mol. The zero-order valence-corrected chi connectivity index (χ0v) is 8.43. The Hall–Kier alpha value is -2.03. The molecule has 2 aromatic rings. The largest absolute Gasteiger partial charge is 0.343 e. The van der Waals surface area contributed by atoms with E-state index in [1.807, 2.05) is 24.4 Å². The van der Waals surface area contributed by atoms with Crippen LogP contribution in [0.5, 0.6) is 0 Å². The fourth-order valence-corrected chi connectivity index (χ4v) is 1.75. The molecule has 0 atom stereocenters. The number of hydrazone groups is 1. The molecule has 0 aliphatic carbocycles. The van der Waals surface area contributed by atoms with Crippen LogP contribution >= 0.6 is 0 Å². The van der Waals surface area contributed by atoms with Crippen LogP contribution in [0.1, 0.15) is 5.56 Å². The van der Waals surface area contributed by atoms with Gasteiger partial charge in [0.2, 0.25) is 0 Å². The number of allylic oxidation sites excluding steroid dienone is 1. The van der Waals surface area contributed by atoms with Gasteiger partial charge in [-0.1, -0.05) is 24.3 Å². The van der Waals surface area contributed by atoms with Crippen molar-refractivity contribution in [3.05, 3.63) is 48.7 Å². The van der Waals surface area contributed by atoms with Gasteiger partial charge in [0, 0.05) is 29.2 Å². The molecule has 3 nitrogen and oxygen atoms in total. The summed E-state index contributed by atoms with van der Waals surface area (Å²) in [6.45, 7) is 4.53. The van der Waals surface area contributed by atoms with E-state index in [4.69, 9.17) is 5.84 Å². The highest BCUT2D eigenvalue weighted by atomic mass is 15.1. The number of fused-ring (bicyclic) bond motifs is 1. The Labute approximate surface area is 88.5 Å². The molecule has 1 aromatic carbocycles. The van der Waals surface area contributed by atoms with Gasteiger partial charge in [0.1, 0.15) is 0 Å². The molecule has 1 heterocycles. The Morgan fingerprint density at radius 1 is 1.40 bits per heavy atom. The van der Waals surface area contributed by atoms with Crippen LogP contribution in [0.25, 0.3) is 10.9 Å². The van der Waals surface area contributed by atoms with Gasteiger partial charge in [-0.25, -0.2) is 0 Å². The van der Waals surface area contributed by atoms with E-state index in [1.165, 1.54) is 5.52 Å². The molecule has 0 saturated heterocycles. The summed E-state index contributed by atoms with van der Waals surface area (Å²) in [5.41, 5.74) is 2.21. The van der Waals surface area contributed by atoms with Crippen molar-refractivity contribution in [2.75, 3.05) is 0 Å². The molecule has 0 radical (unpaired) electrons. The highest BCUT2D eigenvalue weighted by Gasteiger charge is 2.04. The second-order valence-electron chi connectivity index (χ2n) is 3.32. The lowest BCUT2D eigenvalue weighted by atomic mass is 10.2. The van der Waals surface area contributed by atoms with Gasteiger partial charge in [0.15, 0.2) is 0 Å². The summed E-state index contributed by atoms with van der Waals surface area (Å²) in [6, 6.07) is 8.17. The average molecular weight is 199 g/mol. The molecule has 15 heavy (non-hydrogen) atoms. The minimum Gasteiger partial charge on any atom is -0.343 e. The monoisotopic (exact) mass is 199 g/mol. The van der Waals surface area contributed by atoms with Gasteiger partial charge < -0.3 is 10.4 Å². The normalized spacial score (nSPS) is 11.2. The van der Waals surface area contributed by atoms with Crippen molar-refractivity contribution in [2.24, 2.45) is 10.9 Å². The minimum absolute atomic E-state index is 0.791. The number of rotatable bonds is 3. The van der Waals surface area contributed by atoms with Gasteiger partial charge in [0.05, 0.1) is 6.21 Å². The molecule has 0 unspecified atom stereocenters. The van der Waals surface area contributed by atoms with E-state index in [2.05, 4.69) is 28.4 Å². The van der Waals surface area contributed by atoms with E-state index >= 15 is 0 Å². The molecule has 76 valence electrons. The van der Waals surface area contributed by atoms with Crippen molar-refractivity contribution < 1.29 is 0 Å². The summed E-state index contributed by atoms with van der Waals surface area (Å²) >= 11 is 0. The second kappa shape index (κ2) is 4.00. The molecule has 2 N–H and O–H groups in total. The molecule has 2 rings (SSSR count). The van der Waals surface area contributed by atoms with Crippen molar-refractivity contribution in [3.8, 4) is 0 Å². The summed E-state index contributed by atoms with van der Waals surface area (Å²) in [5.74, 6) is 5.17. The van der Waals surface area contributed by atoms with Gasteiger partial charge >= 0.3 is 0 Å². The van der Waals surface area contributed by atoms with Crippen LogP contribution in [0.4, 0.5) is 0 Å². The Kier molecular flexibility index (Phi) is 2.54. The van der Waals surface area contributed by atoms with Crippen LogP contribution < -0.4 is 5.84 Å². The van der Waals surface area contributed by atoms with Crippen molar-refractivity contribution in [2.45, 2.75) is 6.54 Å². The Morgan fingerprint density at radius 3 is 2.93 bits per heavy atom. The minimum atomic E-state index is 0.791. The highest BCUT2D eigenvalue weighted by Crippen LogP contribution is 2.19. The molecular formula is C12H13N3. The molecule has 1 aromatic heterocycles. The predicted octanol–water partition coefficient (Wildman–Crippen LogP) is 2.12. The van der Waals surface area contributed by atoms with Crippen LogP contribution in [-0.2, 0) is 6.54 Å². The quantitative estimate of drug-likeness (QED) is 0.350. The molecule has 0 spiro atoms. The Balaban J connectivity index is 2.67. The van der Waals surface area contributed by atoms with Crippen LogP contribution in [0.2, 0.25) is 0 Å². The van der Waals surface area contributed by atoms with Gasteiger partial charge in [0.25, 0.3) is 0 Å². The maximum Gasteiger partial charge on any atom is 0.0559 e. The number of hydrogen-bond donors (Lipinski definition) is 1. The number of aromatic nitrogens is 1. The average Bonchev–Trinajstić information content (AvgIpc) is 2.59. The summed E-state index contributed by atoms with van der Waals surface area (Å²) in [6.07, 6.45) is 5.57. The molecule has 3 heteroatoms. The van der Waals surface area contributed by atoms with Gasteiger partial charge in [-0.05, 0) is 6.07 Å². The van der Waals surface area contributed by atoms with Crippen molar-refractivity contribution in [3.63, 3.8) is 0 Å². The van der Waals surface area contributed by atoms with Crippen LogP contribution in [0.3, 0.4) is 0 Å². The van der Waals surface area contributed by atoms with E-state index in [0.29, 0.717) is 0 Å². The van der Waals surface area contributed by atoms with E-state index in [-0.39, 0.29) is 0 Å². The lowest BCUT2D eigenvalue weighted by molar-refractivity contribution is 0.865. The van der Waals surface area contributed by atoms with E-state index in [9.17, 15) is 0 Å². The van der Waals surface area contributed by atoms with E-state index in [1.54, 1.807) is 6.21 Å². The van der Waals surface area contributed by atoms with Gasteiger partial charge in [-0.3, -0.25) is 0 Å². The van der Waals surface area contributed by atoms with Crippen LogP contribution in [0, 0.1) is 0 Å². The first-order valence-electron chi connectivity index (χ1n) is 4.79. The van der Waals surface area contributed by atoms with E-state index < -0.39 is 0 Å². The van der Waals surface area contributed by atoms with Crippen molar-refractivity contribution >= 4 is 17.1 Å².